The van der Waals surface area contributed by atoms with Crippen LogP contribution in [0.1, 0.15) is 35.1 Å². The summed E-state index contributed by atoms with van der Waals surface area (Å²) < 4.78 is 7.25. The van der Waals surface area contributed by atoms with Crippen LogP contribution in [0.3, 0.4) is 0 Å². The molecule has 2 aliphatic rings. The van der Waals surface area contributed by atoms with Crippen LogP contribution >= 0.6 is 0 Å². The van der Waals surface area contributed by atoms with Gasteiger partial charge in [-0.2, -0.15) is 5.10 Å². The standard InChI is InChI=1S/C19H24N4O2/c1-23-11-12(8-21-23)15-9-20-10-16(15)19(24)22-17-7-6-14-13(17)4-3-5-18(14)25-2/h3-5,8,11,15-17,20H,6-7,9-10H2,1-2H3,(H,22,24)/t15-,16+,17?/m1/s1. The van der Waals surface area contributed by atoms with Crippen LogP contribution in [0.15, 0.2) is 30.6 Å². The first-order valence-electron chi connectivity index (χ1n) is 8.82. The SMILES string of the molecule is COc1cccc2c1CCC2NC(=O)[C@H]1CNC[C@@H]1c1cnn(C)c1. The molecule has 1 amide bonds. The summed E-state index contributed by atoms with van der Waals surface area (Å²) in [6, 6.07) is 6.16. The van der Waals surface area contributed by atoms with Crippen LogP contribution in [0.2, 0.25) is 0 Å². The highest BCUT2D eigenvalue weighted by Crippen LogP contribution is 2.37. The number of fused-ring (bicyclic) bond motifs is 1. The van der Waals surface area contributed by atoms with Crippen molar-refractivity contribution in [1.29, 1.82) is 0 Å². The summed E-state index contributed by atoms with van der Waals surface area (Å²) in [6.07, 6.45) is 5.75. The number of nitrogens with zero attached hydrogens (tertiary/aromatic N) is 2. The average Bonchev–Trinajstić information content (AvgIpc) is 3.33. The number of rotatable bonds is 4. The van der Waals surface area contributed by atoms with Crippen molar-refractivity contribution in [1.82, 2.24) is 20.4 Å². The van der Waals surface area contributed by atoms with Crippen LogP contribution in [0.5, 0.6) is 5.75 Å². The topological polar surface area (TPSA) is 68.2 Å². The number of hydrogen-bond acceptors (Lipinski definition) is 4. The molecule has 4 rings (SSSR count). The number of amides is 1. The molecule has 1 fully saturated rings. The summed E-state index contributed by atoms with van der Waals surface area (Å²) in [7, 11) is 3.61. The molecule has 0 bridgehead atoms. The van der Waals surface area contributed by atoms with Crippen molar-refractivity contribution in [2.24, 2.45) is 13.0 Å². The summed E-state index contributed by atoms with van der Waals surface area (Å²) in [5, 5.41) is 10.9. The minimum Gasteiger partial charge on any atom is -0.496 e. The first kappa shape index (κ1) is 16.1. The Morgan fingerprint density at radius 3 is 3.04 bits per heavy atom. The van der Waals surface area contributed by atoms with Crippen LogP contribution in [0, 0.1) is 5.92 Å². The van der Waals surface area contributed by atoms with Gasteiger partial charge in [0.15, 0.2) is 0 Å². The number of hydrogen-bond donors (Lipinski definition) is 2. The van der Waals surface area contributed by atoms with Gasteiger partial charge in [0.05, 0.1) is 25.3 Å². The molecule has 132 valence electrons. The van der Waals surface area contributed by atoms with E-state index in [1.165, 1.54) is 11.1 Å². The molecule has 2 aromatic rings. The van der Waals surface area contributed by atoms with Crippen LogP contribution in [-0.4, -0.2) is 35.9 Å². The van der Waals surface area contributed by atoms with Gasteiger partial charge in [0.2, 0.25) is 5.91 Å². The molecule has 0 saturated carbocycles. The Bertz CT molecular complexity index is 785. The van der Waals surface area contributed by atoms with E-state index in [-0.39, 0.29) is 23.8 Å². The number of aromatic nitrogens is 2. The smallest absolute Gasteiger partial charge is 0.225 e. The van der Waals surface area contributed by atoms with Gasteiger partial charge in [-0.3, -0.25) is 9.48 Å². The van der Waals surface area contributed by atoms with E-state index in [0.29, 0.717) is 6.54 Å². The molecular weight excluding hydrogens is 316 g/mol. The Kier molecular flexibility index (Phi) is 4.21. The van der Waals surface area contributed by atoms with Gasteiger partial charge in [0, 0.05) is 32.3 Å². The van der Waals surface area contributed by atoms with E-state index in [9.17, 15) is 4.79 Å². The number of benzene rings is 1. The van der Waals surface area contributed by atoms with Crippen LogP contribution < -0.4 is 15.4 Å². The predicted octanol–water partition coefficient (Wildman–Crippen LogP) is 1.54. The molecule has 6 heteroatoms. The summed E-state index contributed by atoms with van der Waals surface area (Å²) in [6.45, 7) is 1.53. The van der Waals surface area contributed by atoms with Crippen molar-refractivity contribution >= 4 is 5.91 Å². The third-order valence-corrected chi connectivity index (χ3v) is 5.47. The molecule has 1 saturated heterocycles. The molecule has 3 atom stereocenters. The van der Waals surface area contributed by atoms with Gasteiger partial charge < -0.3 is 15.4 Å². The van der Waals surface area contributed by atoms with E-state index >= 15 is 0 Å². The van der Waals surface area contributed by atoms with Gasteiger partial charge >= 0.3 is 0 Å². The quantitative estimate of drug-likeness (QED) is 0.886. The van der Waals surface area contributed by atoms with Gasteiger partial charge in [-0.25, -0.2) is 0 Å². The number of ether oxygens (including phenoxy) is 1. The first-order chi connectivity index (χ1) is 12.2. The van der Waals surface area contributed by atoms with Crippen LogP contribution in [0.4, 0.5) is 0 Å². The number of carbonyl (C=O) groups is 1. The van der Waals surface area contributed by atoms with E-state index in [1.54, 1.807) is 11.8 Å². The van der Waals surface area contributed by atoms with Gasteiger partial charge in [0.1, 0.15) is 5.75 Å². The fraction of sp³-hybridized carbons (Fsp3) is 0.474. The molecule has 0 spiro atoms. The lowest BCUT2D eigenvalue weighted by Crippen LogP contribution is -2.36. The number of nitrogens with one attached hydrogen (secondary N) is 2. The Labute approximate surface area is 147 Å². The molecular formula is C19H24N4O2. The average molecular weight is 340 g/mol. The summed E-state index contributed by atoms with van der Waals surface area (Å²) in [4.78, 5) is 12.9. The molecule has 6 nitrogen and oxygen atoms in total. The van der Waals surface area contributed by atoms with E-state index in [2.05, 4.69) is 21.8 Å². The minimum atomic E-state index is -0.0566. The maximum absolute atomic E-state index is 12.9. The van der Waals surface area contributed by atoms with Crippen molar-refractivity contribution in [2.45, 2.75) is 24.8 Å². The molecule has 1 aliphatic carbocycles. The normalized spacial score (nSPS) is 25.0. The molecule has 2 heterocycles. The molecule has 0 radical (unpaired) electrons. The molecule has 1 aliphatic heterocycles. The first-order valence-corrected chi connectivity index (χ1v) is 8.82. The highest BCUT2D eigenvalue weighted by atomic mass is 16.5. The zero-order valence-electron chi connectivity index (χ0n) is 14.7. The zero-order chi connectivity index (χ0) is 17.4. The van der Waals surface area contributed by atoms with Gasteiger partial charge in [-0.05, 0) is 35.6 Å². The summed E-state index contributed by atoms with van der Waals surface area (Å²) in [5.41, 5.74) is 3.54. The Hall–Kier alpha value is -2.34. The van der Waals surface area contributed by atoms with E-state index in [4.69, 9.17) is 4.74 Å². The lowest BCUT2D eigenvalue weighted by atomic mass is 9.90. The van der Waals surface area contributed by atoms with Crippen molar-refractivity contribution in [2.75, 3.05) is 20.2 Å². The largest absolute Gasteiger partial charge is 0.496 e. The maximum atomic E-state index is 12.9. The zero-order valence-corrected chi connectivity index (χ0v) is 14.7. The number of aryl methyl sites for hydroxylation is 1. The van der Waals surface area contributed by atoms with Gasteiger partial charge in [-0.1, -0.05) is 12.1 Å². The Morgan fingerprint density at radius 2 is 2.28 bits per heavy atom. The second-order valence-corrected chi connectivity index (χ2v) is 6.95. The van der Waals surface area contributed by atoms with Crippen molar-refractivity contribution in [3.8, 4) is 5.75 Å². The van der Waals surface area contributed by atoms with Crippen molar-refractivity contribution < 1.29 is 9.53 Å². The van der Waals surface area contributed by atoms with Crippen LogP contribution in [0.25, 0.3) is 0 Å². The lowest BCUT2D eigenvalue weighted by molar-refractivity contribution is -0.125. The van der Waals surface area contributed by atoms with Gasteiger partial charge in [-0.15, -0.1) is 0 Å². The molecule has 1 aromatic heterocycles. The third-order valence-electron chi connectivity index (χ3n) is 5.47. The molecule has 1 unspecified atom stereocenters. The highest BCUT2D eigenvalue weighted by molar-refractivity contribution is 5.81. The fourth-order valence-corrected chi connectivity index (χ4v) is 4.18. The highest BCUT2D eigenvalue weighted by Gasteiger charge is 2.36. The van der Waals surface area contributed by atoms with Gasteiger partial charge in [0.25, 0.3) is 0 Å². The number of methoxy groups -OCH3 is 1. The van der Waals surface area contributed by atoms with Crippen molar-refractivity contribution in [3.63, 3.8) is 0 Å². The van der Waals surface area contributed by atoms with E-state index in [0.717, 1.165) is 30.7 Å². The van der Waals surface area contributed by atoms with E-state index in [1.807, 2.05) is 31.6 Å². The second-order valence-electron chi connectivity index (χ2n) is 6.95. The predicted molar refractivity (Wildman–Crippen MR) is 94.5 cm³/mol. The lowest BCUT2D eigenvalue weighted by Gasteiger charge is -2.21. The Morgan fingerprint density at radius 1 is 1.40 bits per heavy atom. The summed E-state index contributed by atoms with van der Waals surface area (Å²) in [5.74, 6) is 1.17. The fourth-order valence-electron chi connectivity index (χ4n) is 4.18. The van der Waals surface area contributed by atoms with Crippen molar-refractivity contribution in [3.05, 3.63) is 47.3 Å². The summed E-state index contributed by atoms with van der Waals surface area (Å²) >= 11 is 0. The van der Waals surface area contributed by atoms with E-state index < -0.39 is 0 Å². The molecule has 1 aromatic carbocycles. The second kappa shape index (κ2) is 6.52. The van der Waals surface area contributed by atoms with Crippen LogP contribution in [-0.2, 0) is 18.3 Å². The third kappa shape index (κ3) is 2.91. The Balaban J connectivity index is 1.50. The number of carbonyl (C=O) groups excluding carboxylic acids is 1. The monoisotopic (exact) mass is 340 g/mol. The minimum absolute atomic E-state index is 0.0566. The maximum Gasteiger partial charge on any atom is 0.225 e. The molecule has 2 N–H and O–H groups in total. The molecule has 25 heavy (non-hydrogen) atoms.